The molecule has 0 bridgehead atoms. The first kappa shape index (κ1) is 23.6. The van der Waals surface area contributed by atoms with Gasteiger partial charge in [-0.1, -0.05) is 54.4 Å². The average Bonchev–Trinajstić information content (AvgIpc) is 2.68. The molecule has 1 N–H and O–H groups in total. The van der Waals surface area contributed by atoms with Crippen molar-refractivity contribution in [3.05, 3.63) is 63.9 Å². The number of unbranched alkanes of at least 4 members (excludes halogenated alkanes) is 1. The van der Waals surface area contributed by atoms with E-state index in [1.54, 1.807) is 19.1 Å². The molecule has 2 aromatic carbocycles. The van der Waals surface area contributed by atoms with Crippen molar-refractivity contribution in [1.29, 1.82) is 0 Å². The zero-order valence-electron chi connectivity index (χ0n) is 17.3. The summed E-state index contributed by atoms with van der Waals surface area (Å²) in [5.74, 6) is 0.274. The molecular weight excluding hydrogens is 435 g/mol. The summed E-state index contributed by atoms with van der Waals surface area (Å²) in [5.41, 5.74) is 1.66. The van der Waals surface area contributed by atoms with Crippen LogP contribution in [0.3, 0.4) is 0 Å². The lowest BCUT2D eigenvalue weighted by atomic mass is 9.81. The molecule has 0 saturated heterocycles. The predicted octanol–water partition coefficient (Wildman–Crippen LogP) is 6.59. The monoisotopic (exact) mass is 464 g/mol. The van der Waals surface area contributed by atoms with Crippen molar-refractivity contribution in [2.45, 2.75) is 58.5 Å². The molecule has 3 nitrogen and oxygen atoms in total. The van der Waals surface area contributed by atoms with E-state index in [9.17, 15) is 14.3 Å². The zero-order chi connectivity index (χ0) is 21.4. The first-order valence-corrected chi connectivity index (χ1v) is 11.0. The van der Waals surface area contributed by atoms with Crippen LogP contribution in [0.1, 0.15) is 69.6 Å². The molecule has 0 unspecified atom stereocenters. The highest BCUT2D eigenvalue weighted by Gasteiger charge is 2.27. The average molecular weight is 465 g/mol. The van der Waals surface area contributed by atoms with Gasteiger partial charge in [0.1, 0.15) is 17.3 Å². The number of rotatable bonds is 11. The van der Waals surface area contributed by atoms with Crippen molar-refractivity contribution in [2.24, 2.45) is 5.92 Å². The number of Topliss-reactive ketones (excluding diaryl/α,β-unsaturated/α-hetero) is 1. The summed E-state index contributed by atoms with van der Waals surface area (Å²) >= 11 is 3.49. The number of ketones is 1. The van der Waals surface area contributed by atoms with E-state index in [1.165, 1.54) is 12.1 Å². The minimum Gasteiger partial charge on any atom is -0.493 e. The maximum atomic E-state index is 13.1. The summed E-state index contributed by atoms with van der Waals surface area (Å²) in [4.78, 5) is 12.4. The molecule has 2 rings (SSSR count). The molecule has 0 spiro atoms. The topological polar surface area (TPSA) is 46.5 Å². The van der Waals surface area contributed by atoms with Crippen LogP contribution in [0.5, 0.6) is 5.75 Å². The summed E-state index contributed by atoms with van der Waals surface area (Å²) in [5, 5.41) is 10.5. The highest BCUT2D eigenvalue weighted by molar-refractivity contribution is 9.10. The number of aliphatic hydroxyl groups excluding tert-OH is 1. The van der Waals surface area contributed by atoms with Gasteiger partial charge in [-0.05, 0) is 67.5 Å². The van der Waals surface area contributed by atoms with Gasteiger partial charge in [0.25, 0.3) is 0 Å². The molecule has 3 atom stereocenters. The number of ether oxygens (including phenoxy) is 1. The Morgan fingerprint density at radius 2 is 1.86 bits per heavy atom. The Kier molecular flexibility index (Phi) is 9.31. The molecule has 158 valence electrons. The molecule has 0 aromatic heterocycles. The summed E-state index contributed by atoms with van der Waals surface area (Å²) in [6.07, 6.45) is 2.27. The number of carbonyl (C=O) groups excluding carboxylic acids is 1. The lowest BCUT2D eigenvalue weighted by Crippen LogP contribution is -2.20. The maximum Gasteiger partial charge on any atom is 0.133 e. The Balaban J connectivity index is 2.13. The fraction of sp³-hybridized carbons (Fsp3) is 0.458. The number of halogens is 2. The summed E-state index contributed by atoms with van der Waals surface area (Å²) < 4.78 is 20.0. The quantitative estimate of drug-likeness (QED) is 0.381. The van der Waals surface area contributed by atoms with Crippen molar-refractivity contribution in [3.63, 3.8) is 0 Å². The first-order chi connectivity index (χ1) is 13.8. The van der Waals surface area contributed by atoms with Gasteiger partial charge in [0.2, 0.25) is 0 Å². The van der Waals surface area contributed by atoms with Crippen LogP contribution in [-0.4, -0.2) is 17.5 Å². The van der Waals surface area contributed by atoms with Gasteiger partial charge in [0.05, 0.1) is 12.7 Å². The Labute approximate surface area is 181 Å². The van der Waals surface area contributed by atoms with Crippen LogP contribution in [0, 0.1) is 11.7 Å². The number of aliphatic hydroxyl groups is 1. The minimum atomic E-state index is -0.727. The fourth-order valence-corrected chi connectivity index (χ4v) is 3.89. The van der Waals surface area contributed by atoms with Crippen LogP contribution in [0.25, 0.3) is 0 Å². The second-order valence-electron chi connectivity index (χ2n) is 7.53. The first-order valence-electron chi connectivity index (χ1n) is 10.2. The number of hydrogen-bond donors (Lipinski definition) is 1. The third-order valence-electron chi connectivity index (χ3n) is 5.35. The van der Waals surface area contributed by atoms with E-state index in [4.69, 9.17) is 4.74 Å². The lowest BCUT2D eigenvalue weighted by molar-refractivity contribution is -0.121. The largest absolute Gasteiger partial charge is 0.493 e. The molecule has 0 saturated carbocycles. The van der Waals surface area contributed by atoms with Crippen molar-refractivity contribution in [3.8, 4) is 5.75 Å². The Bertz CT molecular complexity index is 791. The fourth-order valence-electron chi connectivity index (χ4n) is 3.55. The van der Waals surface area contributed by atoms with E-state index >= 15 is 0 Å². The second kappa shape index (κ2) is 11.5. The van der Waals surface area contributed by atoms with E-state index in [-0.39, 0.29) is 23.4 Å². The molecule has 0 amide bonds. The SMILES string of the molecule is CCCCOc1cc(Br)ccc1[C@@H](C)[C@@H](CC[C@H](O)c1ccc(F)cc1)C(C)=O. The zero-order valence-corrected chi connectivity index (χ0v) is 18.9. The standard InChI is InChI=1S/C24H30BrFO3/c1-4-5-14-29-24-15-19(25)8-11-22(24)16(2)21(17(3)27)12-13-23(28)18-6-9-20(26)10-7-18/h6-11,15-16,21,23,28H,4-5,12-14H2,1-3H3/t16-,21+,23-/m0/s1. The predicted molar refractivity (Wildman–Crippen MR) is 118 cm³/mol. The third kappa shape index (κ3) is 6.93. The third-order valence-corrected chi connectivity index (χ3v) is 5.85. The van der Waals surface area contributed by atoms with Crippen molar-refractivity contribution >= 4 is 21.7 Å². The molecule has 2 aromatic rings. The Morgan fingerprint density at radius 3 is 2.48 bits per heavy atom. The van der Waals surface area contributed by atoms with E-state index in [0.29, 0.717) is 25.0 Å². The Morgan fingerprint density at radius 1 is 1.17 bits per heavy atom. The molecule has 0 aliphatic heterocycles. The molecule has 0 heterocycles. The molecule has 0 fully saturated rings. The number of benzene rings is 2. The van der Waals surface area contributed by atoms with Gasteiger partial charge in [0.15, 0.2) is 0 Å². The molecule has 5 heteroatoms. The van der Waals surface area contributed by atoms with Gasteiger partial charge >= 0.3 is 0 Å². The van der Waals surface area contributed by atoms with E-state index < -0.39 is 6.10 Å². The van der Waals surface area contributed by atoms with Gasteiger partial charge in [-0.2, -0.15) is 0 Å². The van der Waals surface area contributed by atoms with Crippen molar-refractivity contribution < 1.29 is 19.0 Å². The van der Waals surface area contributed by atoms with Crippen LogP contribution >= 0.6 is 15.9 Å². The molecular formula is C24H30BrFO3. The van der Waals surface area contributed by atoms with Crippen molar-refractivity contribution in [2.75, 3.05) is 6.61 Å². The van der Waals surface area contributed by atoms with E-state index in [0.717, 1.165) is 28.6 Å². The second-order valence-corrected chi connectivity index (χ2v) is 8.45. The van der Waals surface area contributed by atoms with Gasteiger partial charge < -0.3 is 9.84 Å². The van der Waals surface area contributed by atoms with Gasteiger partial charge in [-0.25, -0.2) is 4.39 Å². The van der Waals surface area contributed by atoms with Crippen LogP contribution in [0.2, 0.25) is 0 Å². The van der Waals surface area contributed by atoms with Crippen LogP contribution in [0.15, 0.2) is 46.9 Å². The van der Waals surface area contributed by atoms with Gasteiger partial charge in [-0.3, -0.25) is 4.79 Å². The van der Waals surface area contributed by atoms with Crippen molar-refractivity contribution in [1.82, 2.24) is 0 Å². The van der Waals surface area contributed by atoms with Gasteiger partial charge in [0, 0.05) is 10.4 Å². The smallest absolute Gasteiger partial charge is 0.133 e. The summed E-state index contributed by atoms with van der Waals surface area (Å²) in [7, 11) is 0. The summed E-state index contributed by atoms with van der Waals surface area (Å²) in [6, 6.07) is 11.8. The highest BCUT2D eigenvalue weighted by Crippen LogP contribution is 2.37. The lowest BCUT2D eigenvalue weighted by Gasteiger charge is -2.25. The number of hydrogen-bond acceptors (Lipinski definition) is 3. The van der Waals surface area contributed by atoms with Crippen LogP contribution in [0.4, 0.5) is 4.39 Å². The van der Waals surface area contributed by atoms with E-state index in [2.05, 4.69) is 22.9 Å². The molecule has 0 aliphatic carbocycles. The minimum absolute atomic E-state index is 0.0438. The molecule has 0 radical (unpaired) electrons. The van der Waals surface area contributed by atoms with E-state index in [1.807, 2.05) is 25.1 Å². The van der Waals surface area contributed by atoms with Crippen LogP contribution in [-0.2, 0) is 4.79 Å². The Hall–Kier alpha value is -1.72. The van der Waals surface area contributed by atoms with Gasteiger partial charge in [-0.15, -0.1) is 0 Å². The van der Waals surface area contributed by atoms with Crippen LogP contribution < -0.4 is 4.74 Å². The highest BCUT2D eigenvalue weighted by atomic mass is 79.9. The summed E-state index contributed by atoms with van der Waals surface area (Å²) in [6.45, 7) is 6.39. The molecule has 0 aliphatic rings. The molecule has 29 heavy (non-hydrogen) atoms. The maximum absolute atomic E-state index is 13.1. The normalized spacial score (nSPS) is 14.3. The number of carbonyl (C=O) groups is 1.